The molecule has 0 aromatic heterocycles. The molecule has 0 heterocycles. The van der Waals surface area contributed by atoms with Crippen LogP contribution in [0.3, 0.4) is 0 Å². The lowest BCUT2D eigenvalue weighted by atomic mass is 10.1. The molecular weight excluding hydrogens is 204 g/mol. The highest BCUT2D eigenvalue weighted by atomic mass is 32.1. The van der Waals surface area contributed by atoms with Gasteiger partial charge in [0.25, 0.3) is 0 Å². The van der Waals surface area contributed by atoms with Crippen molar-refractivity contribution in [2.75, 3.05) is 13.1 Å². The minimum Gasteiger partial charge on any atom is -0.330 e. The van der Waals surface area contributed by atoms with E-state index in [0.29, 0.717) is 0 Å². The largest absolute Gasteiger partial charge is 0.330 e. The lowest BCUT2D eigenvalue weighted by Gasteiger charge is -2.01. The van der Waals surface area contributed by atoms with Crippen LogP contribution in [-0.4, -0.2) is 13.1 Å². The predicted octanol–water partition coefficient (Wildman–Crippen LogP) is 2.92. The molecule has 0 aromatic rings. The molecule has 0 aliphatic carbocycles. The Labute approximate surface area is 103 Å². The fraction of sp³-hybridized carbons (Fsp3) is 1.00. The first-order valence-corrected chi connectivity index (χ1v) is 6.32. The summed E-state index contributed by atoms with van der Waals surface area (Å²) in [6, 6.07) is 0. The predicted molar refractivity (Wildman–Crippen MR) is 74.7 cm³/mol. The lowest BCUT2D eigenvalue weighted by molar-refractivity contribution is 0.554. The van der Waals surface area contributed by atoms with Crippen molar-refractivity contribution in [3.63, 3.8) is 0 Å². The summed E-state index contributed by atoms with van der Waals surface area (Å²) >= 11 is 0. The fourth-order valence-corrected chi connectivity index (χ4v) is 1.70. The third-order valence-electron chi connectivity index (χ3n) is 2.66. The molecule has 0 radical (unpaired) electrons. The minimum absolute atomic E-state index is 0. The lowest BCUT2D eigenvalue weighted by Crippen LogP contribution is -1.97. The van der Waals surface area contributed by atoms with Gasteiger partial charge in [-0.15, -0.1) is 0 Å². The highest BCUT2D eigenvalue weighted by Crippen LogP contribution is 2.09. The molecule has 0 bridgehead atoms. The van der Waals surface area contributed by atoms with Crippen LogP contribution in [0.15, 0.2) is 0 Å². The maximum atomic E-state index is 5.43. The van der Waals surface area contributed by atoms with Crippen molar-refractivity contribution in [1.82, 2.24) is 0 Å². The molecule has 94 valence electrons. The van der Waals surface area contributed by atoms with Crippen LogP contribution in [0.2, 0.25) is 0 Å². The summed E-state index contributed by atoms with van der Waals surface area (Å²) < 4.78 is 0. The zero-order valence-electron chi connectivity index (χ0n) is 10.1. The number of unbranched alkanes of at least 4 members (excludes halogenated alkanes) is 9. The molecular formula is C12H30N2S. The van der Waals surface area contributed by atoms with Gasteiger partial charge in [0.1, 0.15) is 0 Å². The van der Waals surface area contributed by atoms with Crippen LogP contribution in [0.25, 0.3) is 0 Å². The van der Waals surface area contributed by atoms with Gasteiger partial charge in [0.15, 0.2) is 0 Å². The molecule has 0 saturated heterocycles. The van der Waals surface area contributed by atoms with Crippen molar-refractivity contribution in [3.05, 3.63) is 0 Å². The molecule has 0 amide bonds. The Morgan fingerprint density at radius 3 is 0.800 bits per heavy atom. The van der Waals surface area contributed by atoms with Crippen LogP contribution in [0, 0.1) is 0 Å². The van der Waals surface area contributed by atoms with Crippen molar-refractivity contribution in [3.8, 4) is 0 Å². The molecule has 0 aromatic carbocycles. The quantitative estimate of drug-likeness (QED) is 0.540. The van der Waals surface area contributed by atoms with Gasteiger partial charge >= 0.3 is 0 Å². The summed E-state index contributed by atoms with van der Waals surface area (Å²) in [5.41, 5.74) is 10.9. The topological polar surface area (TPSA) is 52.0 Å². The molecule has 0 unspecified atom stereocenters. The van der Waals surface area contributed by atoms with Crippen LogP contribution in [0.4, 0.5) is 0 Å². The molecule has 0 aliphatic rings. The fourth-order valence-electron chi connectivity index (χ4n) is 1.70. The average Bonchev–Trinajstić information content (AvgIpc) is 2.21. The van der Waals surface area contributed by atoms with Gasteiger partial charge < -0.3 is 11.5 Å². The summed E-state index contributed by atoms with van der Waals surface area (Å²) in [5, 5.41) is 0. The number of hydrogen-bond donors (Lipinski definition) is 2. The Bertz CT molecular complexity index is 87.6. The van der Waals surface area contributed by atoms with Gasteiger partial charge in [-0.05, 0) is 25.9 Å². The number of hydrogen-bond acceptors (Lipinski definition) is 2. The molecule has 0 spiro atoms. The SMILES string of the molecule is NCCCCCCCCCCCCN.S. The van der Waals surface area contributed by atoms with Gasteiger partial charge in [-0.25, -0.2) is 0 Å². The van der Waals surface area contributed by atoms with Crippen LogP contribution < -0.4 is 11.5 Å². The van der Waals surface area contributed by atoms with E-state index in [1.807, 2.05) is 0 Å². The first-order valence-electron chi connectivity index (χ1n) is 6.32. The van der Waals surface area contributed by atoms with Gasteiger partial charge in [0.05, 0.1) is 0 Å². The van der Waals surface area contributed by atoms with Gasteiger partial charge in [-0.1, -0.05) is 51.4 Å². The molecule has 0 fully saturated rings. The molecule has 0 saturated carbocycles. The minimum atomic E-state index is 0. The van der Waals surface area contributed by atoms with Crippen molar-refractivity contribution in [2.24, 2.45) is 11.5 Å². The second-order valence-electron chi connectivity index (χ2n) is 4.11. The van der Waals surface area contributed by atoms with E-state index in [-0.39, 0.29) is 13.5 Å². The van der Waals surface area contributed by atoms with Crippen LogP contribution in [-0.2, 0) is 0 Å². The molecule has 4 N–H and O–H groups in total. The molecule has 0 aliphatic heterocycles. The van der Waals surface area contributed by atoms with Crippen molar-refractivity contribution in [1.29, 1.82) is 0 Å². The Kier molecular flexibility index (Phi) is 19.6. The first kappa shape index (κ1) is 17.7. The van der Waals surface area contributed by atoms with E-state index in [1.54, 1.807) is 0 Å². The molecule has 15 heavy (non-hydrogen) atoms. The highest BCUT2D eigenvalue weighted by Gasteiger charge is 1.91. The summed E-state index contributed by atoms with van der Waals surface area (Å²) in [4.78, 5) is 0. The van der Waals surface area contributed by atoms with Gasteiger partial charge in [0.2, 0.25) is 0 Å². The molecule has 0 rings (SSSR count). The maximum Gasteiger partial charge on any atom is -0.00773 e. The Morgan fingerprint density at radius 2 is 0.600 bits per heavy atom. The van der Waals surface area contributed by atoms with E-state index in [0.717, 1.165) is 13.1 Å². The second-order valence-corrected chi connectivity index (χ2v) is 4.11. The van der Waals surface area contributed by atoms with Crippen LogP contribution >= 0.6 is 13.5 Å². The highest BCUT2D eigenvalue weighted by molar-refractivity contribution is 7.59. The Morgan fingerprint density at radius 1 is 0.400 bits per heavy atom. The van der Waals surface area contributed by atoms with Crippen LogP contribution in [0.5, 0.6) is 0 Å². The van der Waals surface area contributed by atoms with Gasteiger partial charge in [0, 0.05) is 0 Å². The third kappa shape index (κ3) is 16.9. The Balaban J connectivity index is 0. The summed E-state index contributed by atoms with van der Waals surface area (Å²) in [7, 11) is 0. The second kappa shape index (κ2) is 16.7. The first-order chi connectivity index (χ1) is 6.91. The summed E-state index contributed by atoms with van der Waals surface area (Å²) in [5.74, 6) is 0. The van der Waals surface area contributed by atoms with E-state index < -0.39 is 0 Å². The van der Waals surface area contributed by atoms with Crippen molar-refractivity contribution >= 4 is 13.5 Å². The summed E-state index contributed by atoms with van der Waals surface area (Å²) in [6.07, 6.45) is 13.4. The standard InChI is InChI=1S/C12H28N2.H2S/c13-11-9-7-5-3-1-2-4-6-8-10-12-14;/h1-14H2;1H2. The van der Waals surface area contributed by atoms with E-state index in [9.17, 15) is 0 Å². The summed E-state index contributed by atoms with van der Waals surface area (Å²) in [6.45, 7) is 1.72. The normalized spacial score (nSPS) is 10.0. The van der Waals surface area contributed by atoms with Crippen molar-refractivity contribution < 1.29 is 0 Å². The van der Waals surface area contributed by atoms with Gasteiger partial charge in [-0.3, -0.25) is 0 Å². The zero-order chi connectivity index (χ0) is 10.5. The molecule has 3 heteroatoms. The number of rotatable bonds is 11. The Hall–Kier alpha value is 0.270. The smallest absolute Gasteiger partial charge is 0.00773 e. The average molecular weight is 234 g/mol. The third-order valence-corrected chi connectivity index (χ3v) is 2.66. The van der Waals surface area contributed by atoms with Gasteiger partial charge in [-0.2, -0.15) is 13.5 Å². The van der Waals surface area contributed by atoms with E-state index in [1.165, 1.54) is 64.2 Å². The molecule has 2 nitrogen and oxygen atoms in total. The van der Waals surface area contributed by atoms with Crippen LogP contribution in [0.1, 0.15) is 64.2 Å². The number of nitrogens with two attached hydrogens (primary N) is 2. The van der Waals surface area contributed by atoms with Crippen molar-refractivity contribution in [2.45, 2.75) is 64.2 Å². The zero-order valence-corrected chi connectivity index (χ0v) is 11.1. The van der Waals surface area contributed by atoms with E-state index in [2.05, 4.69) is 0 Å². The van der Waals surface area contributed by atoms with E-state index >= 15 is 0 Å². The molecule has 0 atom stereocenters. The monoisotopic (exact) mass is 234 g/mol. The maximum absolute atomic E-state index is 5.43. The van der Waals surface area contributed by atoms with E-state index in [4.69, 9.17) is 11.5 Å².